The summed E-state index contributed by atoms with van der Waals surface area (Å²) in [5.74, 6) is 0.936. The van der Waals surface area contributed by atoms with Gasteiger partial charge in [0.2, 0.25) is 0 Å². The van der Waals surface area contributed by atoms with Gasteiger partial charge in [0.25, 0.3) is 0 Å². The number of aliphatic hydroxyl groups is 1. The van der Waals surface area contributed by atoms with Gasteiger partial charge in [0, 0.05) is 5.41 Å². The molecule has 0 aliphatic rings. The second-order valence-corrected chi connectivity index (χ2v) is 7.84. The zero-order valence-electron chi connectivity index (χ0n) is 18.0. The minimum absolute atomic E-state index is 0.0402. The molecule has 0 atom stereocenters. The van der Waals surface area contributed by atoms with Crippen LogP contribution < -0.4 is 4.74 Å². The van der Waals surface area contributed by atoms with Crippen molar-refractivity contribution in [1.29, 1.82) is 0 Å². The van der Waals surface area contributed by atoms with E-state index in [4.69, 9.17) is 4.74 Å². The van der Waals surface area contributed by atoms with Crippen molar-refractivity contribution in [3.05, 3.63) is 100 Å². The van der Waals surface area contributed by atoms with Crippen LogP contribution in [0.2, 0.25) is 0 Å². The fourth-order valence-corrected chi connectivity index (χ4v) is 4.25. The van der Waals surface area contributed by atoms with Crippen molar-refractivity contribution in [2.24, 2.45) is 0 Å². The van der Waals surface area contributed by atoms with Crippen LogP contribution in [-0.2, 0) is 18.6 Å². The minimum Gasteiger partial charge on any atom is -0.489 e. The Morgan fingerprint density at radius 3 is 1.97 bits per heavy atom. The fraction of sp³-hybridized carbons (Fsp3) is 0.333. The molecule has 152 valence electrons. The number of benzene rings is 3. The van der Waals surface area contributed by atoms with Crippen LogP contribution in [0.15, 0.2) is 66.7 Å². The molecule has 0 aliphatic carbocycles. The van der Waals surface area contributed by atoms with Gasteiger partial charge in [-0.15, -0.1) is 0 Å². The number of ether oxygens (including phenoxy) is 1. The Labute approximate surface area is 175 Å². The predicted molar refractivity (Wildman–Crippen MR) is 120 cm³/mol. The lowest BCUT2D eigenvalue weighted by Gasteiger charge is -2.34. The molecule has 2 heteroatoms. The first-order valence-electron chi connectivity index (χ1n) is 10.5. The van der Waals surface area contributed by atoms with Gasteiger partial charge < -0.3 is 9.84 Å². The summed E-state index contributed by atoms with van der Waals surface area (Å²) in [5.41, 5.74) is 7.08. The maximum atomic E-state index is 9.53. The molecule has 0 aliphatic heterocycles. The number of hydrogen-bond acceptors (Lipinski definition) is 2. The van der Waals surface area contributed by atoms with Crippen LogP contribution in [0.1, 0.15) is 60.1 Å². The molecule has 0 unspecified atom stereocenters. The summed E-state index contributed by atoms with van der Waals surface area (Å²) >= 11 is 0. The van der Waals surface area contributed by atoms with E-state index in [1.54, 1.807) is 0 Å². The van der Waals surface area contributed by atoms with Crippen molar-refractivity contribution >= 4 is 0 Å². The van der Waals surface area contributed by atoms with Gasteiger partial charge in [0.15, 0.2) is 0 Å². The van der Waals surface area contributed by atoms with Gasteiger partial charge in [-0.2, -0.15) is 0 Å². The number of aliphatic hydroxyl groups excluding tert-OH is 1. The molecule has 3 aromatic rings. The van der Waals surface area contributed by atoms with Gasteiger partial charge in [-0.05, 0) is 66.1 Å². The Morgan fingerprint density at radius 1 is 0.793 bits per heavy atom. The molecule has 0 aromatic heterocycles. The van der Waals surface area contributed by atoms with E-state index in [9.17, 15) is 5.11 Å². The third-order valence-electron chi connectivity index (χ3n) is 6.24. The van der Waals surface area contributed by atoms with Crippen molar-refractivity contribution in [3.63, 3.8) is 0 Å². The van der Waals surface area contributed by atoms with E-state index in [1.807, 2.05) is 18.2 Å². The number of aryl methyl sites for hydroxylation is 2. The topological polar surface area (TPSA) is 29.5 Å². The van der Waals surface area contributed by atoms with E-state index in [2.05, 4.69) is 76.2 Å². The van der Waals surface area contributed by atoms with Crippen LogP contribution in [0.4, 0.5) is 0 Å². The highest BCUT2D eigenvalue weighted by Crippen LogP contribution is 2.41. The molecule has 0 saturated heterocycles. The average molecular weight is 389 g/mol. The first kappa shape index (κ1) is 21.1. The van der Waals surface area contributed by atoms with Crippen LogP contribution in [-0.4, -0.2) is 5.11 Å². The van der Waals surface area contributed by atoms with Crippen LogP contribution in [0, 0.1) is 13.8 Å². The second kappa shape index (κ2) is 9.28. The molecule has 0 amide bonds. The quantitative estimate of drug-likeness (QED) is 0.478. The summed E-state index contributed by atoms with van der Waals surface area (Å²) < 4.78 is 6.09. The molecule has 0 saturated carbocycles. The second-order valence-electron chi connectivity index (χ2n) is 7.84. The first-order valence-corrected chi connectivity index (χ1v) is 10.5. The van der Waals surface area contributed by atoms with Crippen LogP contribution in [0.3, 0.4) is 0 Å². The van der Waals surface area contributed by atoms with Gasteiger partial charge in [0.05, 0.1) is 6.61 Å². The summed E-state index contributed by atoms with van der Waals surface area (Å²) in [6.45, 7) is 9.39. The summed E-state index contributed by atoms with van der Waals surface area (Å²) in [5, 5.41) is 9.53. The van der Waals surface area contributed by atoms with Gasteiger partial charge in [0.1, 0.15) is 12.4 Å². The van der Waals surface area contributed by atoms with Crippen LogP contribution in [0.25, 0.3) is 0 Å². The zero-order valence-corrected chi connectivity index (χ0v) is 18.0. The van der Waals surface area contributed by atoms with Gasteiger partial charge in [-0.3, -0.25) is 0 Å². The van der Waals surface area contributed by atoms with Crippen molar-refractivity contribution in [3.8, 4) is 5.75 Å². The molecule has 0 fully saturated rings. The summed E-state index contributed by atoms with van der Waals surface area (Å²) in [4.78, 5) is 0. The van der Waals surface area contributed by atoms with E-state index >= 15 is 0 Å². The SMILES string of the molecule is CCC(CC)(c1ccc(CO)c(C)c1)c1ccc(OCc2ccccc2)c(C)c1. The highest BCUT2D eigenvalue weighted by molar-refractivity contribution is 5.47. The Morgan fingerprint density at radius 2 is 1.41 bits per heavy atom. The minimum atomic E-state index is -0.0402. The Kier molecular flexibility index (Phi) is 6.76. The third kappa shape index (κ3) is 4.38. The maximum absolute atomic E-state index is 9.53. The maximum Gasteiger partial charge on any atom is 0.122 e. The Hall–Kier alpha value is -2.58. The molecule has 3 aromatic carbocycles. The number of hydrogen-bond donors (Lipinski definition) is 1. The summed E-state index contributed by atoms with van der Waals surface area (Å²) in [7, 11) is 0. The Bertz CT molecular complexity index is 940. The molecule has 0 bridgehead atoms. The summed E-state index contributed by atoms with van der Waals surface area (Å²) in [6, 6.07) is 23.4. The lowest BCUT2D eigenvalue weighted by atomic mass is 9.70. The molecular formula is C27H32O2. The van der Waals surface area contributed by atoms with E-state index in [0.717, 1.165) is 35.3 Å². The lowest BCUT2D eigenvalue weighted by Crippen LogP contribution is -2.26. The average Bonchev–Trinajstić information content (AvgIpc) is 2.75. The van der Waals surface area contributed by atoms with E-state index in [-0.39, 0.29) is 12.0 Å². The highest BCUT2D eigenvalue weighted by Gasteiger charge is 2.31. The van der Waals surface area contributed by atoms with Crippen molar-refractivity contribution in [2.45, 2.75) is 59.2 Å². The molecule has 0 heterocycles. The summed E-state index contributed by atoms with van der Waals surface area (Å²) in [6.07, 6.45) is 2.04. The monoisotopic (exact) mass is 388 g/mol. The van der Waals surface area contributed by atoms with Crippen molar-refractivity contribution < 1.29 is 9.84 Å². The van der Waals surface area contributed by atoms with Gasteiger partial charge in [-0.25, -0.2) is 0 Å². The van der Waals surface area contributed by atoms with Gasteiger partial charge >= 0.3 is 0 Å². The molecule has 29 heavy (non-hydrogen) atoms. The normalized spacial score (nSPS) is 11.5. The lowest BCUT2D eigenvalue weighted by molar-refractivity contribution is 0.281. The van der Waals surface area contributed by atoms with E-state index in [0.29, 0.717) is 6.61 Å². The highest BCUT2D eigenvalue weighted by atomic mass is 16.5. The smallest absolute Gasteiger partial charge is 0.122 e. The van der Waals surface area contributed by atoms with Crippen LogP contribution in [0.5, 0.6) is 5.75 Å². The molecule has 3 rings (SSSR count). The van der Waals surface area contributed by atoms with Gasteiger partial charge in [-0.1, -0.05) is 74.5 Å². The molecule has 1 N–H and O–H groups in total. The zero-order chi connectivity index (χ0) is 20.9. The fourth-order valence-electron chi connectivity index (χ4n) is 4.25. The van der Waals surface area contributed by atoms with E-state index < -0.39 is 0 Å². The largest absolute Gasteiger partial charge is 0.489 e. The molecule has 2 nitrogen and oxygen atoms in total. The molecule has 0 spiro atoms. The third-order valence-corrected chi connectivity index (χ3v) is 6.24. The first-order chi connectivity index (χ1) is 14.0. The molecular weight excluding hydrogens is 356 g/mol. The van der Waals surface area contributed by atoms with Crippen molar-refractivity contribution in [1.82, 2.24) is 0 Å². The van der Waals surface area contributed by atoms with E-state index in [1.165, 1.54) is 16.7 Å². The Balaban J connectivity index is 1.91. The predicted octanol–water partition coefficient (Wildman–Crippen LogP) is 6.48. The van der Waals surface area contributed by atoms with Crippen molar-refractivity contribution in [2.75, 3.05) is 0 Å². The number of rotatable bonds is 8. The standard InChI is InChI=1S/C27H32O2/c1-5-27(6-2,24-13-12-23(18-28)20(3)16-24)25-14-15-26(21(4)17-25)29-19-22-10-8-7-9-11-22/h7-17,28H,5-6,18-19H2,1-4H3. The van der Waals surface area contributed by atoms with Crippen LogP contribution >= 0.6 is 0 Å². The molecule has 0 radical (unpaired) electrons.